The van der Waals surface area contributed by atoms with Gasteiger partial charge in [-0.2, -0.15) is 0 Å². The van der Waals surface area contributed by atoms with Gasteiger partial charge in [0.15, 0.2) is 0 Å². The number of aromatic nitrogens is 1. The number of nitrogens with zero attached hydrogens (tertiary/aromatic N) is 3. The molecule has 0 bridgehead atoms. The molecule has 4 heteroatoms. The van der Waals surface area contributed by atoms with Crippen LogP contribution in [0.15, 0.2) is 54.7 Å². The third-order valence-electron chi connectivity index (χ3n) is 5.03. The topological polar surface area (TPSA) is 28.6 Å². The number of hydrogen-bond donors (Lipinski definition) is 0. The molecule has 4 nitrogen and oxygen atoms in total. The normalized spacial score (nSPS) is 23.9. The fourth-order valence-corrected chi connectivity index (χ4v) is 3.85. The number of rotatable bonds is 5. The fraction of sp³-hybridized carbons (Fsp3) is 0.421. The molecule has 2 aliphatic rings. The first-order valence-electron chi connectivity index (χ1n) is 8.48. The average Bonchev–Trinajstić information content (AvgIpc) is 3.18. The lowest BCUT2D eigenvalue weighted by atomic mass is 10.1. The van der Waals surface area contributed by atoms with Crippen LogP contribution in [0.4, 0.5) is 5.82 Å². The zero-order chi connectivity index (χ0) is 15.5. The molecule has 0 radical (unpaired) electrons. The van der Waals surface area contributed by atoms with Crippen LogP contribution in [-0.2, 0) is 0 Å². The third kappa shape index (κ3) is 3.17. The number of para-hydroxylation sites is 1. The lowest BCUT2D eigenvalue weighted by Crippen LogP contribution is -2.37. The molecule has 2 unspecified atom stereocenters. The number of likely N-dealkylation sites (tertiary alicyclic amines) is 1. The Kier molecular flexibility index (Phi) is 4.16. The Morgan fingerprint density at radius 1 is 1.04 bits per heavy atom. The Labute approximate surface area is 137 Å². The minimum atomic E-state index is 0.649. The molecule has 0 saturated carbocycles. The van der Waals surface area contributed by atoms with E-state index in [1.54, 1.807) is 0 Å². The van der Waals surface area contributed by atoms with Crippen molar-refractivity contribution >= 4 is 5.82 Å². The summed E-state index contributed by atoms with van der Waals surface area (Å²) in [5.41, 5.74) is 0. The van der Waals surface area contributed by atoms with Crippen molar-refractivity contribution in [3.05, 3.63) is 54.7 Å². The van der Waals surface area contributed by atoms with Crippen LogP contribution in [0.3, 0.4) is 0 Å². The van der Waals surface area contributed by atoms with Gasteiger partial charge in [0.1, 0.15) is 18.2 Å². The molecule has 120 valence electrons. The molecule has 2 saturated heterocycles. The maximum absolute atomic E-state index is 5.86. The van der Waals surface area contributed by atoms with Crippen molar-refractivity contribution in [1.29, 1.82) is 0 Å². The van der Waals surface area contributed by atoms with Crippen LogP contribution in [0.2, 0.25) is 0 Å². The second kappa shape index (κ2) is 6.59. The summed E-state index contributed by atoms with van der Waals surface area (Å²) in [6, 6.07) is 16.9. The molecule has 2 fully saturated rings. The highest BCUT2D eigenvalue weighted by atomic mass is 16.5. The van der Waals surface area contributed by atoms with Gasteiger partial charge in [0, 0.05) is 31.9 Å². The SMILES string of the molecule is c1ccc(OCCN2CCC3CN(c4ccccn4)CC32)cc1. The summed E-state index contributed by atoms with van der Waals surface area (Å²) in [5, 5.41) is 0. The predicted molar refractivity (Wildman–Crippen MR) is 91.9 cm³/mol. The van der Waals surface area contributed by atoms with Crippen molar-refractivity contribution < 1.29 is 4.74 Å². The van der Waals surface area contributed by atoms with E-state index < -0.39 is 0 Å². The molecule has 3 heterocycles. The van der Waals surface area contributed by atoms with E-state index in [-0.39, 0.29) is 0 Å². The van der Waals surface area contributed by atoms with Crippen LogP contribution < -0.4 is 9.64 Å². The predicted octanol–water partition coefficient (Wildman–Crippen LogP) is 2.67. The summed E-state index contributed by atoms with van der Waals surface area (Å²) in [6.07, 6.45) is 3.17. The summed E-state index contributed by atoms with van der Waals surface area (Å²) in [6.45, 7) is 5.19. The second-order valence-corrected chi connectivity index (χ2v) is 6.41. The van der Waals surface area contributed by atoms with E-state index in [1.165, 1.54) is 13.0 Å². The van der Waals surface area contributed by atoms with Crippen LogP contribution in [0.5, 0.6) is 5.75 Å². The van der Waals surface area contributed by atoms with E-state index in [9.17, 15) is 0 Å². The molecular weight excluding hydrogens is 286 g/mol. The van der Waals surface area contributed by atoms with Crippen LogP contribution in [0, 0.1) is 5.92 Å². The second-order valence-electron chi connectivity index (χ2n) is 6.41. The highest BCUT2D eigenvalue weighted by molar-refractivity contribution is 5.40. The number of anilines is 1. The minimum absolute atomic E-state index is 0.649. The van der Waals surface area contributed by atoms with Crippen LogP contribution >= 0.6 is 0 Å². The van der Waals surface area contributed by atoms with Crippen LogP contribution in [0.25, 0.3) is 0 Å². The molecule has 4 rings (SSSR count). The molecule has 2 aromatic rings. The summed E-state index contributed by atoms with van der Waals surface area (Å²) in [5.74, 6) is 2.85. The number of ether oxygens (including phenoxy) is 1. The lowest BCUT2D eigenvalue weighted by Gasteiger charge is -2.25. The van der Waals surface area contributed by atoms with Crippen molar-refractivity contribution in [2.75, 3.05) is 37.7 Å². The Bertz CT molecular complexity index is 619. The van der Waals surface area contributed by atoms with Gasteiger partial charge in [-0.3, -0.25) is 4.90 Å². The Morgan fingerprint density at radius 3 is 2.74 bits per heavy atom. The third-order valence-corrected chi connectivity index (χ3v) is 5.03. The van der Waals surface area contributed by atoms with E-state index in [2.05, 4.69) is 26.9 Å². The number of hydrogen-bond acceptors (Lipinski definition) is 4. The molecule has 2 aliphatic heterocycles. The fourth-order valence-electron chi connectivity index (χ4n) is 3.85. The van der Waals surface area contributed by atoms with Crippen molar-refractivity contribution in [2.45, 2.75) is 12.5 Å². The van der Waals surface area contributed by atoms with E-state index in [0.29, 0.717) is 6.04 Å². The maximum Gasteiger partial charge on any atom is 0.128 e. The van der Waals surface area contributed by atoms with Crippen molar-refractivity contribution in [3.8, 4) is 5.75 Å². The first-order chi connectivity index (χ1) is 11.4. The van der Waals surface area contributed by atoms with Gasteiger partial charge in [-0.1, -0.05) is 24.3 Å². The molecule has 1 aromatic heterocycles. The van der Waals surface area contributed by atoms with E-state index in [4.69, 9.17) is 4.74 Å². The van der Waals surface area contributed by atoms with E-state index in [1.807, 2.05) is 42.6 Å². The van der Waals surface area contributed by atoms with Gasteiger partial charge >= 0.3 is 0 Å². The first-order valence-corrected chi connectivity index (χ1v) is 8.48. The van der Waals surface area contributed by atoms with Gasteiger partial charge in [-0.25, -0.2) is 4.98 Å². The summed E-state index contributed by atoms with van der Waals surface area (Å²) < 4.78 is 5.86. The van der Waals surface area contributed by atoms with E-state index >= 15 is 0 Å². The highest BCUT2D eigenvalue weighted by Gasteiger charge is 2.41. The van der Waals surface area contributed by atoms with Crippen molar-refractivity contribution in [2.24, 2.45) is 5.92 Å². The lowest BCUT2D eigenvalue weighted by molar-refractivity contribution is 0.197. The molecule has 23 heavy (non-hydrogen) atoms. The monoisotopic (exact) mass is 309 g/mol. The molecule has 0 aliphatic carbocycles. The summed E-state index contributed by atoms with van der Waals surface area (Å²) in [4.78, 5) is 9.52. The zero-order valence-electron chi connectivity index (χ0n) is 13.3. The average molecular weight is 309 g/mol. The molecule has 1 aromatic carbocycles. The Hall–Kier alpha value is -2.07. The largest absolute Gasteiger partial charge is 0.492 e. The standard InChI is InChI=1S/C19H23N3O/c1-2-6-17(7-3-1)23-13-12-21-11-9-16-14-22(15-18(16)21)19-8-4-5-10-20-19/h1-8,10,16,18H,9,11-15H2. The van der Waals surface area contributed by atoms with Gasteiger partial charge in [-0.05, 0) is 43.1 Å². The van der Waals surface area contributed by atoms with Crippen molar-refractivity contribution in [1.82, 2.24) is 9.88 Å². The molecule has 0 N–H and O–H groups in total. The number of benzene rings is 1. The van der Waals surface area contributed by atoms with Gasteiger partial charge in [-0.15, -0.1) is 0 Å². The molecule has 2 atom stereocenters. The Morgan fingerprint density at radius 2 is 1.91 bits per heavy atom. The smallest absolute Gasteiger partial charge is 0.128 e. The van der Waals surface area contributed by atoms with Gasteiger partial charge in [0.05, 0.1) is 0 Å². The molecule has 0 amide bonds. The quantitative estimate of drug-likeness (QED) is 0.849. The van der Waals surface area contributed by atoms with Crippen molar-refractivity contribution in [3.63, 3.8) is 0 Å². The zero-order valence-corrected chi connectivity index (χ0v) is 13.3. The van der Waals surface area contributed by atoms with Gasteiger partial charge < -0.3 is 9.64 Å². The molecule has 0 spiro atoms. The Balaban J connectivity index is 1.31. The van der Waals surface area contributed by atoms with Crippen LogP contribution in [0.1, 0.15) is 6.42 Å². The number of fused-ring (bicyclic) bond motifs is 1. The maximum atomic E-state index is 5.86. The number of pyridine rings is 1. The summed E-state index contributed by atoms with van der Waals surface area (Å²) >= 11 is 0. The first kappa shape index (κ1) is 14.5. The summed E-state index contributed by atoms with van der Waals surface area (Å²) in [7, 11) is 0. The minimum Gasteiger partial charge on any atom is -0.492 e. The molecular formula is C19H23N3O. The van der Waals surface area contributed by atoms with E-state index in [0.717, 1.165) is 43.7 Å². The van der Waals surface area contributed by atoms with Gasteiger partial charge in [0.25, 0.3) is 0 Å². The van der Waals surface area contributed by atoms with Gasteiger partial charge in [0.2, 0.25) is 0 Å². The van der Waals surface area contributed by atoms with Crippen LogP contribution in [-0.4, -0.2) is 48.7 Å². The highest BCUT2D eigenvalue weighted by Crippen LogP contribution is 2.33.